The third-order valence-electron chi connectivity index (χ3n) is 2.16. The Kier molecular flexibility index (Phi) is 4.20. The fourth-order valence-electron chi connectivity index (χ4n) is 1.30. The number of aromatic nitrogens is 2. The average molecular weight is 243 g/mol. The number of anilines is 1. The van der Waals surface area contributed by atoms with Crippen molar-refractivity contribution in [1.29, 1.82) is 0 Å². The largest absolute Gasteiger partial charge is 0.318 e. The number of amides is 1. The van der Waals surface area contributed by atoms with Gasteiger partial charge in [-0.3, -0.25) is 4.79 Å². The minimum absolute atomic E-state index is 0.0898. The highest BCUT2D eigenvalue weighted by atomic mass is 35.5. The Morgan fingerprint density at radius 3 is 2.94 bits per heavy atom. The molecule has 0 radical (unpaired) electrons. The summed E-state index contributed by atoms with van der Waals surface area (Å²) in [6, 6.07) is 1.56. The lowest BCUT2D eigenvalue weighted by Gasteiger charge is -2.22. The van der Waals surface area contributed by atoms with Crippen LogP contribution in [0.15, 0.2) is 12.3 Å². The zero-order chi connectivity index (χ0) is 12.2. The Morgan fingerprint density at radius 2 is 2.38 bits per heavy atom. The molecule has 1 aromatic heterocycles. The second kappa shape index (κ2) is 5.23. The van der Waals surface area contributed by atoms with E-state index in [-0.39, 0.29) is 11.2 Å². The first kappa shape index (κ1) is 12.9. The van der Waals surface area contributed by atoms with Gasteiger partial charge in [-0.2, -0.15) is 0 Å². The summed E-state index contributed by atoms with van der Waals surface area (Å²) in [5, 5.41) is 2.70. The molecule has 1 rings (SSSR count). The van der Waals surface area contributed by atoms with Crippen molar-refractivity contribution in [2.75, 3.05) is 5.32 Å². The zero-order valence-corrected chi connectivity index (χ0v) is 10.1. The van der Waals surface area contributed by atoms with E-state index in [9.17, 15) is 4.79 Å². The first-order valence-corrected chi connectivity index (χ1v) is 5.42. The van der Waals surface area contributed by atoms with Gasteiger partial charge < -0.3 is 11.1 Å². The van der Waals surface area contributed by atoms with Crippen molar-refractivity contribution >= 4 is 23.3 Å². The zero-order valence-electron chi connectivity index (χ0n) is 9.33. The molecule has 0 bridgehead atoms. The van der Waals surface area contributed by atoms with Gasteiger partial charge in [-0.25, -0.2) is 9.97 Å². The van der Waals surface area contributed by atoms with Crippen LogP contribution in [-0.4, -0.2) is 21.4 Å². The van der Waals surface area contributed by atoms with Crippen LogP contribution in [0.3, 0.4) is 0 Å². The summed E-state index contributed by atoms with van der Waals surface area (Å²) in [6.07, 6.45) is 2.92. The van der Waals surface area contributed by atoms with Gasteiger partial charge in [-0.05, 0) is 31.0 Å². The van der Waals surface area contributed by atoms with Gasteiger partial charge in [-0.15, -0.1) is 0 Å². The molecule has 0 aliphatic heterocycles. The Balaban J connectivity index is 2.71. The molecule has 0 aliphatic rings. The van der Waals surface area contributed by atoms with Crippen molar-refractivity contribution in [3.63, 3.8) is 0 Å². The van der Waals surface area contributed by atoms with E-state index in [1.54, 1.807) is 13.0 Å². The average Bonchev–Trinajstić information content (AvgIpc) is 2.17. The van der Waals surface area contributed by atoms with E-state index in [0.29, 0.717) is 12.2 Å². The first-order valence-electron chi connectivity index (χ1n) is 5.04. The highest BCUT2D eigenvalue weighted by Crippen LogP contribution is 2.12. The van der Waals surface area contributed by atoms with Gasteiger partial charge in [0, 0.05) is 6.20 Å². The Morgan fingerprint density at radius 1 is 1.69 bits per heavy atom. The maximum Gasteiger partial charge on any atom is 0.245 e. The molecular weight excluding hydrogens is 228 g/mol. The fraction of sp³-hybridized carbons (Fsp3) is 0.500. The molecule has 0 aliphatic carbocycles. The van der Waals surface area contributed by atoms with Crippen LogP contribution in [0, 0.1) is 0 Å². The number of nitrogens with two attached hydrogens (primary N) is 1. The lowest BCUT2D eigenvalue weighted by Crippen LogP contribution is -2.48. The van der Waals surface area contributed by atoms with Crippen LogP contribution in [0.25, 0.3) is 0 Å². The second-order valence-electron chi connectivity index (χ2n) is 3.83. The van der Waals surface area contributed by atoms with Crippen LogP contribution in [0.5, 0.6) is 0 Å². The van der Waals surface area contributed by atoms with Crippen molar-refractivity contribution in [2.24, 2.45) is 5.73 Å². The topological polar surface area (TPSA) is 80.9 Å². The van der Waals surface area contributed by atoms with Crippen LogP contribution in [0.4, 0.5) is 5.82 Å². The normalized spacial score (nSPS) is 14.2. The van der Waals surface area contributed by atoms with E-state index in [1.807, 2.05) is 6.92 Å². The number of rotatable bonds is 4. The molecule has 1 atom stereocenters. The van der Waals surface area contributed by atoms with Crippen molar-refractivity contribution in [1.82, 2.24) is 9.97 Å². The van der Waals surface area contributed by atoms with Gasteiger partial charge >= 0.3 is 0 Å². The van der Waals surface area contributed by atoms with Crippen molar-refractivity contribution in [3.05, 3.63) is 17.5 Å². The van der Waals surface area contributed by atoms with E-state index in [2.05, 4.69) is 15.3 Å². The Hall–Kier alpha value is -1.20. The molecule has 88 valence electrons. The summed E-state index contributed by atoms with van der Waals surface area (Å²) in [6.45, 7) is 3.66. The molecule has 0 aromatic carbocycles. The van der Waals surface area contributed by atoms with Crippen LogP contribution < -0.4 is 11.1 Å². The van der Waals surface area contributed by atoms with E-state index >= 15 is 0 Å². The lowest BCUT2D eigenvalue weighted by molar-refractivity contribution is -0.120. The number of hydrogen-bond acceptors (Lipinski definition) is 4. The molecule has 0 saturated heterocycles. The van der Waals surface area contributed by atoms with Crippen molar-refractivity contribution in [2.45, 2.75) is 32.2 Å². The maximum atomic E-state index is 11.8. The Labute approximate surface area is 99.4 Å². The van der Waals surface area contributed by atoms with E-state index < -0.39 is 5.54 Å². The molecule has 6 heteroatoms. The summed E-state index contributed by atoms with van der Waals surface area (Å²) in [5.74, 6) is 0.0851. The monoisotopic (exact) mass is 242 g/mol. The van der Waals surface area contributed by atoms with Gasteiger partial charge in [0.1, 0.15) is 5.82 Å². The molecule has 1 aromatic rings. The third kappa shape index (κ3) is 3.43. The van der Waals surface area contributed by atoms with Crippen LogP contribution >= 0.6 is 11.6 Å². The third-order valence-corrected chi connectivity index (χ3v) is 2.34. The first-order chi connectivity index (χ1) is 7.45. The molecule has 1 unspecified atom stereocenters. The van der Waals surface area contributed by atoms with E-state index in [1.165, 1.54) is 6.20 Å². The maximum absolute atomic E-state index is 11.8. The molecule has 1 heterocycles. The molecule has 3 N–H and O–H groups in total. The van der Waals surface area contributed by atoms with Crippen molar-refractivity contribution < 1.29 is 4.79 Å². The fourth-order valence-corrected chi connectivity index (χ4v) is 1.44. The van der Waals surface area contributed by atoms with E-state index in [0.717, 1.165) is 6.42 Å². The van der Waals surface area contributed by atoms with Crippen LogP contribution in [0.2, 0.25) is 5.28 Å². The molecule has 0 fully saturated rings. The quantitative estimate of drug-likeness (QED) is 0.786. The highest BCUT2D eigenvalue weighted by Gasteiger charge is 2.27. The number of hydrogen-bond donors (Lipinski definition) is 2. The number of halogens is 1. The van der Waals surface area contributed by atoms with Gasteiger partial charge in [0.15, 0.2) is 0 Å². The number of carbonyl (C=O) groups excluding carboxylic acids is 1. The smallest absolute Gasteiger partial charge is 0.245 e. The summed E-state index contributed by atoms with van der Waals surface area (Å²) in [5.41, 5.74) is 4.97. The molecule has 0 spiro atoms. The predicted molar refractivity (Wildman–Crippen MR) is 63.2 cm³/mol. The number of carbonyl (C=O) groups is 1. The molecule has 1 amide bonds. The summed E-state index contributed by atoms with van der Waals surface area (Å²) in [7, 11) is 0. The van der Waals surface area contributed by atoms with Gasteiger partial charge in [0.2, 0.25) is 11.2 Å². The molecule has 16 heavy (non-hydrogen) atoms. The summed E-state index contributed by atoms with van der Waals surface area (Å²) in [4.78, 5) is 19.4. The highest BCUT2D eigenvalue weighted by molar-refractivity contribution is 6.28. The standard InChI is InChI=1S/C10H15ClN4O/c1-3-5-10(2,12)8(16)14-7-4-6-13-9(11)15-7/h4,6H,3,5,12H2,1-2H3,(H,13,14,15,16). The lowest BCUT2D eigenvalue weighted by atomic mass is 9.97. The molecule has 5 nitrogen and oxygen atoms in total. The Bertz CT molecular complexity index is 381. The predicted octanol–water partition coefficient (Wildman–Crippen LogP) is 1.59. The van der Waals surface area contributed by atoms with Crippen LogP contribution in [-0.2, 0) is 4.79 Å². The molecule has 0 saturated carbocycles. The van der Waals surface area contributed by atoms with Gasteiger partial charge in [-0.1, -0.05) is 13.3 Å². The van der Waals surface area contributed by atoms with Crippen molar-refractivity contribution in [3.8, 4) is 0 Å². The minimum atomic E-state index is -0.897. The summed E-state index contributed by atoms with van der Waals surface area (Å²) >= 11 is 5.60. The van der Waals surface area contributed by atoms with Gasteiger partial charge in [0.25, 0.3) is 0 Å². The minimum Gasteiger partial charge on any atom is -0.318 e. The number of nitrogens with zero attached hydrogens (tertiary/aromatic N) is 2. The van der Waals surface area contributed by atoms with E-state index in [4.69, 9.17) is 17.3 Å². The second-order valence-corrected chi connectivity index (χ2v) is 4.17. The SMILES string of the molecule is CCCC(C)(N)C(=O)Nc1ccnc(Cl)n1. The van der Waals surface area contributed by atoms with Gasteiger partial charge in [0.05, 0.1) is 5.54 Å². The summed E-state index contributed by atoms with van der Waals surface area (Å²) < 4.78 is 0. The molecular formula is C10H15ClN4O. The van der Waals surface area contributed by atoms with Crippen LogP contribution in [0.1, 0.15) is 26.7 Å². The number of nitrogens with one attached hydrogen (secondary N) is 1.